The summed E-state index contributed by atoms with van der Waals surface area (Å²) in [6.07, 6.45) is 8.85. The van der Waals surface area contributed by atoms with Crippen molar-refractivity contribution >= 4 is 66.8 Å². The quantitative estimate of drug-likeness (QED) is 0.129. The van der Waals surface area contributed by atoms with Crippen molar-refractivity contribution in [3.63, 3.8) is 0 Å². The van der Waals surface area contributed by atoms with Gasteiger partial charge in [-0.05, 0) is 61.4 Å². The van der Waals surface area contributed by atoms with Gasteiger partial charge in [0.1, 0.15) is 0 Å². The van der Waals surface area contributed by atoms with E-state index in [4.69, 9.17) is 23.2 Å². The number of aromatic nitrogens is 2. The summed E-state index contributed by atoms with van der Waals surface area (Å²) in [6, 6.07) is 14.9. The van der Waals surface area contributed by atoms with Crippen LogP contribution in [0.15, 0.2) is 58.1 Å². The minimum absolute atomic E-state index is 0.0506. The summed E-state index contributed by atoms with van der Waals surface area (Å²) in [5.74, 6) is 0. The van der Waals surface area contributed by atoms with Crippen molar-refractivity contribution in [2.45, 2.75) is 78.3 Å². The molecule has 0 spiro atoms. The predicted molar refractivity (Wildman–Crippen MR) is 163 cm³/mol. The second-order valence-corrected chi connectivity index (χ2v) is 11.2. The molecule has 0 N–H and O–H groups in total. The molecule has 0 saturated carbocycles. The molecule has 5 aromatic rings. The summed E-state index contributed by atoms with van der Waals surface area (Å²) >= 11 is 12.7. The fourth-order valence-electron chi connectivity index (χ4n) is 5.66. The molecule has 4 nitrogen and oxygen atoms in total. The Balaban J connectivity index is 1.85. The van der Waals surface area contributed by atoms with Crippen molar-refractivity contribution in [3.05, 3.63) is 79.0 Å². The van der Waals surface area contributed by atoms with Crippen molar-refractivity contribution in [2.75, 3.05) is 0 Å². The number of hydrogen-bond acceptors (Lipinski definition) is 2. The highest BCUT2D eigenvalue weighted by Crippen LogP contribution is 2.29. The molecule has 3 aromatic carbocycles. The van der Waals surface area contributed by atoms with Crippen LogP contribution in [0.4, 0.5) is 0 Å². The molecule has 198 valence electrons. The zero-order chi connectivity index (χ0) is 26.8. The highest BCUT2D eigenvalue weighted by molar-refractivity contribution is 6.31. The van der Waals surface area contributed by atoms with Gasteiger partial charge < -0.3 is 9.13 Å². The van der Waals surface area contributed by atoms with E-state index in [1.165, 1.54) is 12.8 Å². The van der Waals surface area contributed by atoms with Gasteiger partial charge in [0.05, 0.1) is 22.1 Å². The second-order valence-electron chi connectivity index (χ2n) is 10.3. The first-order valence-corrected chi connectivity index (χ1v) is 14.6. The number of halogens is 2. The van der Waals surface area contributed by atoms with Gasteiger partial charge in [-0.15, -0.1) is 0 Å². The number of pyridine rings is 2. The molecule has 0 fully saturated rings. The van der Waals surface area contributed by atoms with Crippen molar-refractivity contribution in [1.82, 2.24) is 9.13 Å². The van der Waals surface area contributed by atoms with Crippen LogP contribution < -0.4 is 10.9 Å². The van der Waals surface area contributed by atoms with E-state index in [1.807, 2.05) is 36.4 Å². The van der Waals surface area contributed by atoms with Gasteiger partial charge in [0, 0.05) is 44.7 Å². The maximum absolute atomic E-state index is 13.8. The first kappa shape index (κ1) is 26.8. The molecule has 0 aliphatic rings. The first-order chi connectivity index (χ1) is 18.4. The van der Waals surface area contributed by atoms with Gasteiger partial charge in [-0.3, -0.25) is 9.59 Å². The molecule has 0 amide bonds. The Kier molecular flexibility index (Phi) is 8.11. The van der Waals surface area contributed by atoms with Crippen LogP contribution >= 0.6 is 23.2 Å². The Bertz CT molecular complexity index is 1640. The van der Waals surface area contributed by atoms with E-state index in [0.29, 0.717) is 31.6 Å². The monoisotopic (exact) mass is 548 g/mol. The molecule has 38 heavy (non-hydrogen) atoms. The van der Waals surface area contributed by atoms with Crippen LogP contribution in [0.1, 0.15) is 65.2 Å². The molecule has 0 unspecified atom stereocenters. The Morgan fingerprint density at radius 1 is 0.526 bits per heavy atom. The van der Waals surface area contributed by atoms with Crippen LogP contribution in [-0.2, 0) is 13.1 Å². The molecule has 0 saturated heterocycles. The zero-order valence-electron chi connectivity index (χ0n) is 22.2. The van der Waals surface area contributed by atoms with E-state index in [9.17, 15) is 9.59 Å². The number of benzene rings is 3. The van der Waals surface area contributed by atoms with Gasteiger partial charge in [0.25, 0.3) is 0 Å². The highest BCUT2D eigenvalue weighted by atomic mass is 35.5. The lowest BCUT2D eigenvalue weighted by Crippen LogP contribution is -2.16. The SMILES string of the molecule is CCCCCCn1c2ccc(Cl)cc2c(=O)c2cc3c(cc21)c(=O)c1cc(Cl)ccc1n3CCCCCC. The number of hydrogen-bond donors (Lipinski definition) is 0. The van der Waals surface area contributed by atoms with E-state index in [-0.39, 0.29) is 10.9 Å². The lowest BCUT2D eigenvalue weighted by molar-refractivity contribution is 0.600. The van der Waals surface area contributed by atoms with Crippen molar-refractivity contribution in [1.29, 1.82) is 0 Å². The molecule has 0 atom stereocenters. The smallest absolute Gasteiger partial charge is 0.197 e. The van der Waals surface area contributed by atoms with Gasteiger partial charge >= 0.3 is 0 Å². The van der Waals surface area contributed by atoms with Crippen LogP contribution in [-0.4, -0.2) is 9.13 Å². The van der Waals surface area contributed by atoms with E-state index >= 15 is 0 Å². The van der Waals surface area contributed by atoms with Gasteiger partial charge in [-0.2, -0.15) is 0 Å². The number of fused-ring (bicyclic) bond motifs is 4. The van der Waals surface area contributed by atoms with Crippen LogP contribution in [0.3, 0.4) is 0 Å². The van der Waals surface area contributed by atoms with Crippen LogP contribution in [0.2, 0.25) is 10.0 Å². The maximum Gasteiger partial charge on any atom is 0.197 e. The van der Waals surface area contributed by atoms with Gasteiger partial charge in [0.2, 0.25) is 0 Å². The molecule has 2 aromatic heterocycles. The molecule has 6 heteroatoms. The van der Waals surface area contributed by atoms with Crippen molar-refractivity contribution in [3.8, 4) is 0 Å². The Hall–Kier alpha value is -2.82. The van der Waals surface area contributed by atoms with Crippen LogP contribution in [0.5, 0.6) is 0 Å². The van der Waals surface area contributed by atoms with Crippen molar-refractivity contribution < 1.29 is 0 Å². The maximum atomic E-state index is 13.8. The largest absolute Gasteiger partial charge is 0.340 e. The van der Waals surface area contributed by atoms with E-state index in [2.05, 4.69) is 23.0 Å². The fraction of sp³-hybridized carbons (Fsp3) is 0.375. The summed E-state index contributed by atoms with van der Waals surface area (Å²) in [5.41, 5.74) is 3.20. The minimum Gasteiger partial charge on any atom is -0.340 e. The third-order valence-corrected chi connectivity index (χ3v) is 8.11. The molecule has 5 rings (SSSR count). The van der Waals surface area contributed by atoms with Gasteiger partial charge in [-0.25, -0.2) is 0 Å². The van der Waals surface area contributed by atoms with Crippen LogP contribution in [0, 0.1) is 0 Å². The van der Waals surface area contributed by atoms with Crippen LogP contribution in [0.25, 0.3) is 43.6 Å². The third-order valence-electron chi connectivity index (χ3n) is 7.64. The molecular formula is C32H34Cl2N2O2. The molecular weight excluding hydrogens is 515 g/mol. The number of aryl methyl sites for hydroxylation is 2. The molecule has 2 heterocycles. The third kappa shape index (κ3) is 4.97. The summed E-state index contributed by atoms with van der Waals surface area (Å²) in [6.45, 7) is 5.93. The number of rotatable bonds is 10. The number of nitrogens with zero attached hydrogens (tertiary/aromatic N) is 2. The van der Waals surface area contributed by atoms with E-state index in [1.54, 1.807) is 12.1 Å². The molecule has 0 aliphatic heterocycles. The number of unbranched alkanes of at least 4 members (excludes halogenated alkanes) is 6. The average molecular weight is 550 g/mol. The molecule has 0 aliphatic carbocycles. The van der Waals surface area contributed by atoms with Gasteiger partial charge in [0.15, 0.2) is 10.9 Å². The highest BCUT2D eigenvalue weighted by Gasteiger charge is 2.17. The normalized spacial score (nSPS) is 11.9. The van der Waals surface area contributed by atoms with E-state index < -0.39 is 0 Å². The Morgan fingerprint density at radius 3 is 1.32 bits per heavy atom. The minimum atomic E-state index is -0.0506. The lowest BCUT2D eigenvalue weighted by Gasteiger charge is -2.19. The summed E-state index contributed by atoms with van der Waals surface area (Å²) in [5, 5.41) is 3.56. The first-order valence-electron chi connectivity index (χ1n) is 13.9. The summed E-state index contributed by atoms with van der Waals surface area (Å²) in [7, 11) is 0. The van der Waals surface area contributed by atoms with E-state index in [0.717, 1.165) is 73.7 Å². The fourth-order valence-corrected chi connectivity index (χ4v) is 6.01. The Labute approximate surface area is 232 Å². The lowest BCUT2D eigenvalue weighted by atomic mass is 10.0. The molecule has 0 radical (unpaired) electrons. The predicted octanol–water partition coefficient (Wildman–Crippen LogP) is 9.09. The standard InChI is InChI=1S/C32H34Cl2N2O2/c1-3-5-7-9-15-35-27-13-11-21(33)17-23(27)31(37)25-20-30-26(19-29(25)35)32(38)24-18-22(34)12-14-28(24)36(30)16-10-8-6-4-2/h11-14,17-20H,3-10,15-16H2,1-2H3. The Morgan fingerprint density at radius 2 is 0.921 bits per heavy atom. The van der Waals surface area contributed by atoms with Gasteiger partial charge in [-0.1, -0.05) is 75.6 Å². The second kappa shape index (κ2) is 11.5. The average Bonchev–Trinajstić information content (AvgIpc) is 2.92. The molecule has 0 bridgehead atoms. The zero-order valence-corrected chi connectivity index (χ0v) is 23.7. The summed E-state index contributed by atoms with van der Waals surface area (Å²) < 4.78 is 4.40. The van der Waals surface area contributed by atoms with Crippen molar-refractivity contribution in [2.24, 2.45) is 0 Å². The summed E-state index contributed by atoms with van der Waals surface area (Å²) in [4.78, 5) is 27.7. The topological polar surface area (TPSA) is 44.0 Å².